The van der Waals surface area contributed by atoms with E-state index in [0.717, 1.165) is 18.8 Å². The summed E-state index contributed by atoms with van der Waals surface area (Å²) in [5.41, 5.74) is 8.14. The quantitative estimate of drug-likeness (QED) is 0.636. The van der Waals surface area contributed by atoms with Crippen LogP contribution in [0.3, 0.4) is 0 Å². The normalized spacial score (nSPS) is 12.3. The molecule has 1 aromatic rings. The number of methoxy groups -OCH3 is 1. The highest BCUT2D eigenvalue weighted by Crippen LogP contribution is 2.26. The maximum atomic E-state index is 11.6. The molecule has 0 radical (unpaired) electrons. The highest BCUT2D eigenvalue weighted by atomic mass is 16.5. The largest absolute Gasteiger partial charge is 0.465 e. The molecular weight excluding hydrogens is 254 g/mol. The van der Waals surface area contributed by atoms with Crippen molar-refractivity contribution in [1.82, 2.24) is 4.90 Å². The molecule has 5 nitrogen and oxygen atoms in total. The van der Waals surface area contributed by atoms with Crippen molar-refractivity contribution >= 4 is 17.3 Å². The number of nitrogens with zero attached hydrogens (tertiary/aromatic N) is 2. The third-order valence-electron chi connectivity index (χ3n) is 3.26. The van der Waals surface area contributed by atoms with Crippen LogP contribution in [-0.2, 0) is 4.74 Å². The molecular formula is C15H25N3O2. The maximum absolute atomic E-state index is 11.6. The van der Waals surface area contributed by atoms with Gasteiger partial charge in [-0.25, -0.2) is 4.79 Å². The van der Waals surface area contributed by atoms with E-state index < -0.39 is 0 Å². The maximum Gasteiger partial charge on any atom is 0.337 e. The van der Waals surface area contributed by atoms with Crippen LogP contribution in [0, 0.1) is 0 Å². The molecule has 0 saturated heterocycles. The average molecular weight is 279 g/mol. The van der Waals surface area contributed by atoms with Crippen LogP contribution < -0.4 is 10.6 Å². The predicted octanol–water partition coefficient (Wildman–Crippen LogP) is 1.83. The van der Waals surface area contributed by atoms with Crippen LogP contribution >= 0.6 is 0 Å². The molecule has 112 valence electrons. The van der Waals surface area contributed by atoms with E-state index in [1.165, 1.54) is 7.11 Å². The molecule has 0 aromatic heterocycles. The average Bonchev–Trinajstić information content (AvgIpc) is 2.40. The zero-order valence-corrected chi connectivity index (χ0v) is 13.0. The van der Waals surface area contributed by atoms with Crippen molar-refractivity contribution in [2.75, 3.05) is 44.9 Å². The molecule has 0 aliphatic carbocycles. The van der Waals surface area contributed by atoms with Crippen LogP contribution in [0.5, 0.6) is 0 Å². The smallest absolute Gasteiger partial charge is 0.337 e. The minimum absolute atomic E-state index is 0.296. The molecule has 0 amide bonds. The van der Waals surface area contributed by atoms with Crippen molar-refractivity contribution in [1.29, 1.82) is 0 Å². The minimum atomic E-state index is -0.345. The second-order valence-electron chi connectivity index (χ2n) is 5.16. The van der Waals surface area contributed by atoms with Gasteiger partial charge in [0.2, 0.25) is 0 Å². The number of anilines is 2. The summed E-state index contributed by atoms with van der Waals surface area (Å²) < 4.78 is 4.76. The summed E-state index contributed by atoms with van der Waals surface area (Å²) in [6, 6.07) is 5.55. The second kappa shape index (κ2) is 7.14. The van der Waals surface area contributed by atoms with E-state index in [1.54, 1.807) is 18.2 Å². The number of esters is 1. The third kappa shape index (κ3) is 3.87. The molecule has 1 unspecified atom stereocenters. The fourth-order valence-corrected chi connectivity index (χ4v) is 2.38. The molecule has 5 heteroatoms. The Morgan fingerprint density at radius 1 is 1.40 bits per heavy atom. The fourth-order valence-electron chi connectivity index (χ4n) is 2.38. The van der Waals surface area contributed by atoms with Gasteiger partial charge >= 0.3 is 5.97 Å². The van der Waals surface area contributed by atoms with Crippen molar-refractivity contribution in [3.63, 3.8) is 0 Å². The number of hydrogen-bond donors (Lipinski definition) is 1. The zero-order chi connectivity index (χ0) is 15.3. The van der Waals surface area contributed by atoms with Crippen molar-refractivity contribution in [3.8, 4) is 0 Å². The Morgan fingerprint density at radius 2 is 2.05 bits per heavy atom. The SMILES string of the molecule is CCN(c1cc(C(=O)OC)ccc1N)C(C)CN(C)C. The zero-order valence-electron chi connectivity index (χ0n) is 13.0. The first-order valence-corrected chi connectivity index (χ1v) is 6.79. The first-order chi connectivity index (χ1) is 9.40. The molecule has 0 bridgehead atoms. The number of carbonyl (C=O) groups is 1. The number of nitrogens with two attached hydrogens (primary N) is 1. The summed E-state index contributed by atoms with van der Waals surface area (Å²) in [5.74, 6) is -0.345. The third-order valence-corrected chi connectivity index (χ3v) is 3.26. The molecule has 20 heavy (non-hydrogen) atoms. The Bertz CT molecular complexity index is 460. The molecule has 2 N–H and O–H groups in total. The van der Waals surface area contributed by atoms with E-state index in [4.69, 9.17) is 10.5 Å². The number of rotatable bonds is 6. The standard InChI is InChI=1S/C15H25N3O2/c1-6-18(11(2)10-17(3)4)14-9-12(15(19)20-5)7-8-13(14)16/h7-9,11H,6,10,16H2,1-5H3. The number of likely N-dealkylation sites (N-methyl/N-ethyl adjacent to an activating group) is 2. The number of nitrogen functional groups attached to an aromatic ring is 1. The lowest BCUT2D eigenvalue weighted by Crippen LogP contribution is -2.40. The number of hydrogen-bond acceptors (Lipinski definition) is 5. The number of ether oxygens (including phenoxy) is 1. The molecule has 0 spiro atoms. The van der Waals surface area contributed by atoms with Crippen LogP contribution in [0.25, 0.3) is 0 Å². The monoisotopic (exact) mass is 279 g/mol. The van der Waals surface area contributed by atoms with Crippen molar-refractivity contribution in [3.05, 3.63) is 23.8 Å². The molecule has 1 rings (SSSR count). The van der Waals surface area contributed by atoms with Crippen molar-refractivity contribution in [2.24, 2.45) is 0 Å². The van der Waals surface area contributed by atoms with E-state index in [9.17, 15) is 4.79 Å². The van der Waals surface area contributed by atoms with Crippen molar-refractivity contribution < 1.29 is 9.53 Å². The fraction of sp³-hybridized carbons (Fsp3) is 0.533. The van der Waals surface area contributed by atoms with Crippen LogP contribution in [-0.4, -0.2) is 51.2 Å². The summed E-state index contributed by atoms with van der Waals surface area (Å²) in [7, 11) is 5.46. The molecule has 0 aliphatic rings. The Hall–Kier alpha value is -1.75. The predicted molar refractivity (Wildman–Crippen MR) is 83.2 cm³/mol. The summed E-state index contributed by atoms with van der Waals surface area (Å²) >= 11 is 0. The van der Waals surface area contributed by atoms with Gasteiger partial charge in [-0.1, -0.05) is 0 Å². The van der Waals surface area contributed by atoms with Gasteiger partial charge in [0.15, 0.2) is 0 Å². The molecule has 0 aliphatic heterocycles. The molecule has 0 heterocycles. The van der Waals surface area contributed by atoms with Crippen molar-refractivity contribution in [2.45, 2.75) is 19.9 Å². The number of carbonyl (C=O) groups excluding carboxylic acids is 1. The Balaban J connectivity index is 3.10. The minimum Gasteiger partial charge on any atom is -0.465 e. The second-order valence-corrected chi connectivity index (χ2v) is 5.16. The van der Waals surface area contributed by atoms with E-state index >= 15 is 0 Å². The summed E-state index contributed by atoms with van der Waals surface area (Å²) in [6.45, 7) is 5.96. The van der Waals surface area contributed by atoms with Crippen LogP contribution in [0.1, 0.15) is 24.2 Å². The molecule has 1 aromatic carbocycles. The van der Waals surface area contributed by atoms with Gasteiger partial charge in [0, 0.05) is 19.1 Å². The lowest BCUT2D eigenvalue weighted by atomic mass is 10.1. The summed E-state index contributed by atoms with van der Waals surface area (Å²) in [5, 5.41) is 0. The molecule has 0 fully saturated rings. The van der Waals surface area contributed by atoms with Gasteiger partial charge in [-0.05, 0) is 46.1 Å². The summed E-state index contributed by atoms with van der Waals surface area (Å²) in [4.78, 5) is 16.0. The van der Waals surface area contributed by atoms with Gasteiger partial charge in [0.25, 0.3) is 0 Å². The first-order valence-electron chi connectivity index (χ1n) is 6.79. The number of benzene rings is 1. The van der Waals surface area contributed by atoms with Crippen LogP contribution in [0.4, 0.5) is 11.4 Å². The van der Waals surface area contributed by atoms with E-state index in [0.29, 0.717) is 17.3 Å². The molecule has 1 atom stereocenters. The van der Waals surface area contributed by atoms with Gasteiger partial charge in [-0.2, -0.15) is 0 Å². The van der Waals surface area contributed by atoms with Gasteiger partial charge in [-0.15, -0.1) is 0 Å². The summed E-state index contributed by atoms with van der Waals surface area (Å²) in [6.07, 6.45) is 0. The topological polar surface area (TPSA) is 58.8 Å². The highest BCUT2D eigenvalue weighted by Gasteiger charge is 2.18. The first kappa shape index (κ1) is 16.3. The Kier molecular flexibility index (Phi) is 5.82. The van der Waals surface area contributed by atoms with Crippen LogP contribution in [0.15, 0.2) is 18.2 Å². The molecule has 0 saturated carbocycles. The van der Waals surface area contributed by atoms with E-state index in [-0.39, 0.29) is 5.97 Å². The Morgan fingerprint density at radius 3 is 2.55 bits per heavy atom. The van der Waals surface area contributed by atoms with Gasteiger partial charge in [0.1, 0.15) is 0 Å². The van der Waals surface area contributed by atoms with E-state index in [1.807, 2.05) is 14.1 Å². The highest BCUT2D eigenvalue weighted by molar-refractivity contribution is 5.92. The van der Waals surface area contributed by atoms with Crippen LogP contribution in [0.2, 0.25) is 0 Å². The van der Waals surface area contributed by atoms with E-state index in [2.05, 4.69) is 23.6 Å². The lowest BCUT2D eigenvalue weighted by Gasteiger charge is -2.33. The lowest BCUT2D eigenvalue weighted by molar-refractivity contribution is 0.0601. The van der Waals surface area contributed by atoms with Gasteiger partial charge in [0.05, 0.1) is 24.0 Å². The Labute approximate surface area is 121 Å². The van der Waals surface area contributed by atoms with Gasteiger partial charge in [-0.3, -0.25) is 0 Å². The van der Waals surface area contributed by atoms with Gasteiger partial charge < -0.3 is 20.3 Å².